The molecule has 1 aliphatic rings. The molecule has 2 aromatic carbocycles. The van der Waals surface area contributed by atoms with Gasteiger partial charge in [0.25, 0.3) is 5.91 Å². The molecule has 1 aliphatic heterocycles. The number of amides is 1. The second-order valence-corrected chi connectivity index (χ2v) is 7.89. The predicted octanol–water partition coefficient (Wildman–Crippen LogP) is 4.08. The summed E-state index contributed by atoms with van der Waals surface area (Å²) >= 11 is 0. The molecule has 2 aromatic heterocycles. The van der Waals surface area contributed by atoms with Crippen molar-refractivity contribution in [2.24, 2.45) is 0 Å². The van der Waals surface area contributed by atoms with E-state index >= 15 is 0 Å². The first-order valence-electron chi connectivity index (χ1n) is 10.8. The van der Waals surface area contributed by atoms with Gasteiger partial charge in [-0.3, -0.25) is 4.79 Å². The molecular weight excluding hydrogens is 445 g/mol. The van der Waals surface area contributed by atoms with Gasteiger partial charge in [-0.05, 0) is 29.8 Å². The maximum absolute atomic E-state index is 13.6. The minimum absolute atomic E-state index is 0.0425. The lowest BCUT2D eigenvalue weighted by Gasteiger charge is -2.31. The fourth-order valence-corrected chi connectivity index (χ4v) is 4.10. The maximum Gasteiger partial charge on any atom is 0.417 e. The van der Waals surface area contributed by atoms with Gasteiger partial charge in [0.05, 0.1) is 23.1 Å². The molecule has 1 saturated heterocycles. The lowest BCUT2D eigenvalue weighted by atomic mass is 10.0. The zero-order valence-corrected chi connectivity index (χ0v) is 18.0. The Morgan fingerprint density at radius 2 is 1.71 bits per heavy atom. The third-order valence-corrected chi connectivity index (χ3v) is 5.73. The number of alkyl halides is 3. The van der Waals surface area contributed by atoms with Gasteiger partial charge < -0.3 is 15.5 Å². The topological polar surface area (TPSA) is 74.6 Å². The smallest absolute Gasteiger partial charge is 0.367 e. The molecule has 34 heavy (non-hydrogen) atoms. The van der Waals surface area contributed by atoms with E-state index in [1.54, 1.807) is 0 Å². The summed E-state index contributed by atoms with van der Waals surface area (Å²) in [5.41, 5.74) is 1.16. The van der Waals surface area contributed by atoms with Gasteiger partial charge in [-0.15, -0.1) is 0 Å². The number of piperazine rings is 1. The normalized spacial score (nSPS) is 14.4. The Balaban J connectivity index is 1.48. The largest absolute Gasteiger partial charge is 0.417 e. The van der Waals surface area contributed by atoms with Gasteiger partial charge in [-0.2, -0.15) is 18.3 Å². The molecule has 0 atom stereocenters. The molecule has 0 radical (unpaired) electrons. The van der Waals surface area contributed by atoms with E-state index in [2.05, 4.69) is 25.6 Å². The van der Waals surface area contributed by atoms with Crippen LogP contribution in [-0.2, 0) is 6.18 Å². The number of carbonyl (C=O) groups is 1. The van der Waals surface area contributed by atoms with Crippen LogP contribution in [-0.4, -0.2) is 46.7 Å². The Morgan fingerprint density at radius 1 is 0.971 bits per heavy atom. The standard InChI is InChI=1S/C24H21F3N6O/c25-24(26,27)18-6-2-1-5-16(18)17-15-29-33-12-9-20(30-22(17)33)23(34)31-19-7-3-4-8-21(19)32-13-10-28-11-14-32/h1-9,12,15,28H,10-11,13-14H2,(H,31,34). The SMILES string of the molecule is O=C(Nc1ccccc1N1CCNCC1)c1ccn2ncc(-c3ccccc3C(F)(F)F)c2n1. The Labute approximate surface area is 193 Å². The average molecular weight is 466 g/mol. The molecule has 10 heteroatoms. The molecular formula is C24H21F3N6O. The van der Waals surface area contributed by atoms with Gasteiger partial charge in [-0.1, -0.05) is 30.3 Å². The summed E-state index contributed by atoms with van der Waals surface area (Å²) in [6.07, 6.45) is -1.69. The van der Waals surface area contributed by atoms with Crippen LogP contribution in [0.1, 0.15) is 16.1 Å². The summed E-state index contributed by atoms with van der Waals surface area (Å²) in [6.45, 7) is 3.33. The van der Waals surface area contributed by atoms with Gasteiger partial charge in [0.1, 0.15) is 5.69 Å². The molecule has 2 N–H and O–H groups in total. The number of carbonyl (C=O) groups excluding carboxylic acids is 1. The maximum atomic E-state index is 13.6. The summed E-state index contributed by atoms with van der Waals surface area (Å²) in [6, 6.07) is 14.2. The Hall–Kier alpha value is -3.92. The predicted molar refractivity (Wildman–Crippen MR) is 123 cm³/mol. The number of fused-ring (bicyclic) bond motifs is 1. The van der Waals surface area contributed by atoms with Crippen LogP contribution in [0.2, 0.25) is 0 Å². The first kappa shape index (κ1) is 21.9. The second kappa shape index (κ2) is 8.79. The number of hydrogen-bond acceptors (Lipinski definition) is 5. The van der Waals surface area contributed by atoms with Crippen molar-refractivity contribution in [1.29, 1.82) is 0 Å². The first-order chi connectivity index (χ1) is 16.4. The summed E-state index contributed by atoms with van der Waals surface area (Å²) in [5, 5.41) is 10.3. The number of halogens is 3. The van der Waals surface area contributed by atoms with E-state index in [9.17, 15) is 18.0 Å². The first-order valence-corrected chi connectivity index (χ1v) is 10.8. The van der Waals surface area contributed by atoms with Crippen LogP contribution in [0.4, 0.5) is 24.5 Å². The van der Waals surface area contributed by atoms with Crippen LogP contribution in [0.5, 0.6) is 0 Å². The lowest BCUT2D eigenvalue weighted by Crippen LogP contribution is -2.43. The van der Waals surface area contributed by atoms with Crippen molar-refractivity contribution >= 4 is 22.9 Å². The fraction of sp³-hybridized carbons (Fsp3) is 0.208. The molecule has 0 bridgehead atoms. The highest BCUT2D eigenvalue weighted by Gasteiger charge is 2.34. The minimum atomic E-state index is -4.53. The minimum Gasteiger partial charge on any atom is -0.367 e. The van der Waals surface area contributed by atoms with Gasteiger partial charge in [0.2, 0.25) is 0 Å². The quantitative estimate of drug-likeness (QED) is 0.474. The molecule has 0 unspecified atom stereocenters. The third-order valence-electron chi connectivity index (χ3n) is 5.73. The molecule has 1 fully saturated rings. The molecule has 0 spiro atoms. The molecule has 0 saturated carbocycles. The van der Waals surface area contributed by atoms with Crippen LogP contribution in [0.15, 0.2) is 67.0 Å². The van der Waals surface area contributed by atoms with Crippen LogP contribution in [0.25, 0.3) is 16.8 Å². The number of nitrogens with one attached hydrogen (secondary N) is 2. The highest BCUT2D eigenvalue weighted by atomic mass is 19.4. The molecule has 174 valence electrons. The van der Waals surface area contributed by atoms with E-state index in [0.29, 0.717) is 5.69 Å². The summed E-state index contributed by atoms with van der Waals surface area (Å²) in [5.74, 6) is -0.457. The van der Waals surface area contributed by atoms with E-state index in [-0.39, 0.29) is 22.5 Å². The van der Waals surface area contributed by atoms with Crippen LogP contribution in [0.3, 0.4) is 0 Å². The summed E-state index contributed by atoms with van der Waals surface area (Å²) in [7, 11) is 0. The molecule has 5 rings (SSSR count). The number of hydrogen-bond donors (Lipinski definition) is 2. The van der Waals surface area contributed by atoms with Crippen LogP contribution in [0, 0.1) is 0 Å². The molecule has 1 amide bonds. The van der Waals surface area contributed by atoms with Crippen molar-refractivity contribution in [2.45, 2.75) is 6.18 Å². The molecule has 7 nitrogen and oxygen atoms in total. The van der Waals surface area contributed by atoms with Crippen molar-refractivity contribution in [3.8, 4) is 11.1 Å². The van der Waals surface area contributed by atoms with Gasteiger partial charge >= 0.3 is 6.18 Å². The Kier molecular flexibility index (Phi) is 5.66. The molecule has 0 aliphatic carbocycles. The number of aromatic nitrogens is 3. The monoisotopic (exact) mass is 466 g/mol. The summed E-state index contributed by atoms with van der Waals surface area (Å²) in [4.78, 5) is 19.6. The van der Waals surface area contributed by atoms with E-state index in [4.69, 9.17) is 0 Å². The van der Waals surface area contributed by atoms with Crippen LogP contribution < -0.4 is 15.5 Å². The second-order valence-electron chi connectivity index (χ2n) is 7.89. The zero-order valence-electron chi connectivity index (χ0n) is 18.0. The van der Waals surface area contributed by atoms with E-state index in [1.807, 2.05) is 24.3 Å². The van der Waals surface area contributed by atoms with Crippen molar-refractivity contribution < 1.29 is 18.0 Å². The van der Waals surface area contributed by atoms with Gasteiger partial charge in [0, 0.05) is 37.9 Å². The molecule has 4 aromatic rings. The van der Waals surface area contributed by atoms with E-state index in [0.717, 1.165) is 37.9 Å². The van der Waals surface area contributed by atoms with Crippen molar-refractivity contribution in [2.75, 3.05) is 36.4 Å². The number of para-hydroxylation sites is 2. The number of rotatable bonds is 4. The Bertz CT molecular complexity index is 1340. The Morgan fingerprint density at radius 3 is 2.50 bits per heavy atom. The fourth-order valence-electron chi connectivity index (χ4n) is 4.10. The third kappa shape index (κ3) is 4.19. The van der Waals surface area contributed by atoms with Crippen molar-refractivity contribution in [3.05, 3.63) is 78.2 Å². The van der Waals surface area contributed by atoms with Crippen LogP contribution >= 0.6 is 0 Å². The van der Waals surface area contributed by atoms with Gasteiger partial charge in [-0.25, -0.2) is 9.50 Å². The van der Waals surface area contributed by atoms with E-state index in [1.165, 1.54) is 41.2 Å². The van der Waals surface area contributed by atoms with Crippen molar-refractivity contribution in [3.63, 3.8) is 0 Å². The summed E-state index contributed by atoms with van der Waals surface area (Å²) < 4.78 is 42.0. The van der Waals surface area contributed by atoms with Gasteiger partial charge in [0.15, 0.2) is 5.65 Å². The number of benzene rings is 2. The van der Waals surface area contributed by atoms with E-state index < -0.39 is 17.6 Å². The number of anilines is 2. The van der Waals surface area contributed by atoms with Crippen molar-refractivity contribution in [1.82, 2.24) is 19.9 Å². The highest BCUT2D eigenvalue weighted by Crippen LogP contribution is 2.38. The zero-order chi connectivity index (χ0) is 23.7. The highest BCUT2D eigenvalue weighted by molar-refractivity contribution is 6.05. The molecule has 3 heterocycles. The average Bonchev–Trinajstić information content (AvgIpc) is 3.27. The lowest BCUT2D eigenvalue weighted by molar-refractivity contribution is -0.137. The number of nitrogens with zero attached hydrogens (tertiary/aromatic N) is 4.